The Bertz CT molecular complexity index is 800. The predicted molar refractivity (Wildman–Crippen MR) is 99.0 cm³/mol. The monoisotopic (exact) mass is 360 g/mol. The third kappa shape index (κ3) is 4.90. The van der Waals surface area contributed by atoms with E-state index >= 15 is 0 Å². The molecule has 1 amide bonds. The molecular weight excluding hydrogens is 336 g/mol. The first-order valence-electron chi connectivity index (χ1n) is 8.22. The van der Waals surface area contributed by atoms with Gasteiger partial charge in [0.05, 0.1) is 4.90 Å². The summed E-state index contributed by atoms with van der Waals surface area (Å²) in [6, 6.07) is 16.0. The lowest BCUT2D eigenvalue weighted by molar-refractivity contribution is 0.0949. The molecule has 0 aromatic heterocycles. The largest absolute Gasteiger partial charge is 0.351 e. The van der Waals surface area contributed by atoms with Gasteiger partial charge in [-0.15, -0.1) is 0 Å². The highest BCUT2D eigenvalue weighted by Gasteiger charge is 2.18. The Hall–Kier alpha value is -2.18. The molecule has 6 heteroatoms. The van der Waals surface area contributed by atoms with Gasteiger partial charge in [-0.3, -0.25) is 4.79 Å². The number of carbonyl (C=O) groups is 1. The van der Waals surface area contributed by atoms with Gasteiger partial charge < -0.3 is 5.32 Å². The van der Waals surface area contributed by atoms with E-state index < -0.39 is 10.0 Å². The van der Waals surface area contributed by atoms with Crippen molar-refractivity contribution in [1.82, 2.24) is 10.0 Å². The molecule has 0 heterocycles. The molecule has 25 heavy (non-hydrogen) atoms. The van der Waals surface area contributed by atoms with Gasteiger partial charge >= 0.3 is 0 Å². The standard InChI is InChI=1S/C19H24N2O3S/c1-14(2)18(15-7-5-4-6-8-15)13-21-19(22)16-9-11-17(12-10-16)25(23,24)20-3/h4-12,14,18,20H,13H2,1-3H3,(H,21,22). The van der Waals surface area contributed by atoms with Crippen LogP contribution in [0.1, 0.15) is 35.7 Å². The highest BCUT2D eigenvalue weighted by molar-refractivity contribution is 7.89. The van der Waals surface area contributed by atoms with Gasteiger partial charge in [-0.05, 0) is 42.8 Å². The number of hydrogen-bond donors (Lipinski definition) is 2. The van der Waals surface area contributed by atoms with Crippen LogP contribution in [-0.4, -0.2) is 27.9 Å². The molecular formula is C19H24N2O3S. The van der Waals surface area contributed by atoms with Crippen molar-refractivity contribution in [3.05, 3.63) is 65.7 Å². The molecule has 0 spiro atoms. The topological polar surface area (TPSA) is 75.3 Å². The van der Waals surface area contributed by atoms with Crippen LogP contribution in [0.5, 0.6) is 0 Å². The summed E-state index contributed by atoms with van der Waals surface area (Å²) in [6.07, 6.45) is 0. The van der Waals surface area contributed by atoms with Crippen LogP contribution in [0.25, 0.3) is 0 Å². The summed E-state index contributed by atoms with van der Waals surface area (Å²) in [5.74, 6) is 0.384. The first-order chi connectivity index (χ1) is 11.8. The second-order valence-electron chi connectivity index (χ2n) is 6.20. The molecule has 0 aliphatic rings. The fourth-order valence-electron chi connectivity index (χ4n) is 2.65. The zero-order valence-electron chi connectivity index (χ0n) is 14.7. The molecule has 5 nitrogen and oxygen atoms in total. The molecule has 2 rings (SSSR count). The summed E-state index contributed by atoms with van der Waals surface area (Å²) in [4.78, 5) is 12.5. The third-order valence-corrected chi connectivity index (χ3v) is 5.64. The number of hydrogen-bond acceptors (Lipinski definition) is 3. The van der Waals surface area contributed by atoms with E-state index in [0.29, 0.717) is 18.0 Å². The summed E-state index contributed by atoms with van der Waals surface area (Å²) >= 11 is 0. The van der Waals surface area contributed by atoms with E-state index in [1.807, 2.05) is 18.2 Å². The second kappa shape index (κ2) is 8.27. The Morgan fingerprint density at radius 2 is 1.60 bits per heavy atom. The van der Waals surface area contributed by atoms with Gasteiger partial charge in [0.1, 0.15) is 0 Å². The Morgan fingerprint density at radius 3 is 2.12 bits per heavy atom. The van der Waals surface area contributed by atoms with Crippen LogP contribution in [0.2, 0.25) is 0 Å². The summed E-state index contributed by atoms with van der Waals surface area (Å²) in [5.41, 5.74) is 1.62. The van der Waals surface area contributed by atoms with E-state index in [9.17, 15) is 13.2 Å². The summed E-state index contributed by atoms with van der Waals surface area (Å²) in [5, 5.41) is 2.95. The van der Waals surface area contributed by atoms with Crippen LogP contribution >= 0.6 is 0 Å². The van der Waals surface area contributed by atoms with Gasteiger partial charge in [-0.2, -0.15) is 0 Å². The van der Waals surface area contributed by atoms with E-state index in [4.69, 9.17) is 0 Å². The molecule has 0 saturated carbocycles. The summed E-state index contributed by atoms with van der Waals surface area (Å²) in [6.45, 7) is 4.78. The Kier molecular flexibility index (Phi) is 6.33. The van der Waals surface area contributed by atoms with Crippen molar-refractivity contribution in [2.75, 3.05) is 13.6 Å². The number of sulfonamides is 1. The molecule has 2 N–H and O–H groups in total. The maximum atomic E-state index is 12.4. The Balaban J connectivity index is 2.06. The van der Waals surface area contributed by atoms with Gasteiger partial charge in [0.2, 0.25) is 10.0 Å². The minimum Gasteiger partial charge on any atom is -0.351 e. The molecule has 1 atom stereocenters. The van der Waals surface area contributed by atoms with E-state index in [2.05, 4.69) is 36.0 Å². The van der Waals surface area contributed by atoms with Gasteiger partial charge in [-0.25, -0.2) is 13.1 Å². The van der Waals surface area contributed by atoms with Crippen LogP contribution in [-0.2, 0) is 10.0 Å². The quantitative estimate of drug-likeness (QED) is 0.797. The van der Waals surface area contributed by atoms with Crippen LogP contribution < -0.4 is 10.0 Å². The molecule has 0 radical (unpaired) electrons. The average Bonchev–Trinajstić information content (AvgIpc) is 2.62. The van der Waals surface area contributed by atoms with E-state index in [1.54, 1.807) is 0 Å². The minimum absolute atomic E-state index is 0.135. The number of rotatable bonds is 7. The van der Waals surface area contributed by atoms with Crippen molar-refractivity contribution in [3.8, 4) is 0 Å². The zero-order valence-corrected chi connectivity index (χ0v) is 15.5. The van der Waals surface area contributed by atoms with Crippen molar-refractivity contribution in [3.63, 3.8) is 0 Å². The Morgan fingerprint density at radius 1 is 1.00 bits per heavy atom. The summed E-state index contributed by atoms with van der Waals surface area (Å²) in [7, 11) is -2.14. The van der Waals surface area contributed by atoms with Crippen LogP contribution in [0.15, 0.2) is 59.5 Å². The highest BCUT2D eigenvalue weighted by atomic mass is 32.2. The van der Waals surface area contributed by atoms with Crippen molar-refractivity contribution < 1.29 is 13.2 Å². The van der Waals surface area contributed by atoms with Crippen molar-refractivity contribution >= 4 is 15.9 Å². The van der Waals surface area contributed by atoms with Crippen LogP contribution in [0.3, 0.4) is 0 Å². The summed E-state index contributed by atoms with van der Waals surface area (Å²) < 4.78 is 25.7. The SMILES string of the molecule is CNS(=O)(=O)c1ccc(C(=O)NCC(c2ccccc2)C(C)C)cc1. The van der Waals surface area contributed by atoms with Gasteiger partial charge in [0.15, 0.2) is 0 Å². The van der Waals surface area contributed by atoms with Gasteiger partial charge in [0, 0.05) is 18.0 Å². The third-order valence-electron chi connectivity index (χ3n) is 4.21. The average molecular weight is 360 g/mol. The molecule has 0 aliphatic carbocycles. The fraction of sp³-hybridized carbons (Fsp3) is 0.316. The molecule has 0 bridgehead atoms. The maximum absolute atomic E-state index is 12.4. The van der Waals surface area contributed by atoms with E-state index in [1.165, 1.54) is 36.9 Å². The molecule has 0 fully saturated rings. The number of benzene rings is 2. The van der Waals surface area contributed by atoms with Gasteiger partial charge in [-0.1, -0.05) is 44.2 Å². The molecule has 1 unspecified atom stereocenters. The van der Waals surface area contributed by atoms with E-state index in [-0.39, 0.29) is 16.7 Å². The first kappa shape index (κ1) is 19.1. The maximum Gasteiger partial charge on any atom is 0.251 e. The lowest BCUT2D eigenvalue weighted by Gasteiger charge is -2.22. The van der Waals surface area contributed by atoms with E-state index in [0.717, 1.165) is 0 Å². The van der Waals surface area contributed by atoms with Gasteiger partial charge in [0.25, 0.3) is 5.91 Å². The number of nitrogens with one attached hydrogen (secondary N) is 2. The lowest BCUT2D eigenvalue weighted by atomic mass is 9.88. The number of carbonyl (C=O) groups excluding carboxylic acids is 1. The molecule has 2 aromatic carbocycles. The highest BCUT2D eigenvalue weighted by Crippen LogP contribution is 2.23. The predicted octanol–water partition coefficient (Wildman–Crippen LogP) is 2.76. The van der Waals surface area contributed by atoms with Crippen LogP contribution in [0.4, 0.5) is 0 Å². The molecule has 134 valence electrons. The number of amides is 1. The lowest BCUT2D eigenvalue weighted by Crippen LogP contribution is -2.30. The van der Waals surface area contributed by atoms with Crippen molar-refractivity contribution in [2.24, 2.45) is 5.92 Å². The van der Waals surface area contributed by atoms with Crippen LogP contribution in [0, 0.1) is 5.92 Å². The van der Waals surface area contributed by atoms with Crippen molar-refractivity contribution in [1.29, 1.82) is 0 Å². The molecule has 0 aliphatic heterocycles. The first-order valence-corrected chi connectivity index (χ1v) is 9.70. The fourth-order valence-corrected chi connectivity index (χ4v) is 3.38. The minimum atomic E-state index is -3.50. The zero-order chi connectivity index (χ0) is 18.4. The smallest absolute Gasteiger partial charge is 0.251 e. The normalized spacial score (nSPS) is 12.8. The molecule has 0 saturated heterocycles. The molecule has 2 aromatic rings. The second-order valence-corrected chi connectivity index (χ2v) is 8.09. The van der Waals surface area contributed by atoms with Crippen molar-refractivity contribution in [2.45, 2.75) is 24.7 Å². The Labute approximate surface area is 149 Å².